The Bertz CT molecular complexity index is 502. The van der Waals surface area contributed by atoms with E-state index in [2.05, 4.69) is 21.2 Å². The molecule has 0 aromatic heterocycles. The van der Waals surface area contributed by atoms with Crippen molar-refractivity contribution in [1.82, 2.24) is 5.32 Å². The third-order valence-corrected chi connectivity index (χ3v) is 4.29. The molecule has 0 bridgehead atoms. The second-order valence-electron chi connectivity index (χ2n) is 5.27. The number of benzene rings is 1. The van der Waals surface area contributed by atoms with Gasteiger partial charge >= 0.3 is 0 Å². The van der Waals surface area contributed by atoms with Gasteiger partial charge in [0.15, 0.2) is 0 Å². The van der Waals surface area contributed by atoms with Gasteiger partial charge in [-0.3, -0.25) is 4.79 Å². The third kappa shape index (κ3) is 2.77. The van der Waals surface area contributed by atoms with Crippen LogP contribution < -0.4 is 11.1 Å². The Morgan fingerprint density at radius 2 is 2.16 bits per heavy atom. The number of amides is 1. The first-order valence-electron chi connectivity index (χ1n) is 6.62. The standard InChI is InChI=1S/C14H17BrN2O2/c15-9-3-4-10(11(16)7-9)14(18)17-12-5-6-19-13(12)8-1-2-8/h3-4,7-8,12-13H,1-2,5-6,16H2,(H,17,18). The van der Waals surface area contributed by atoms with Gasteiger partial charge in [0.05, 0.1) is 17.7 Å². The van der Waals surface area contributed by atoms with Crippen molar-refractivity contribution in [2.45, 2.75) is 31.4 Å². The summed E-state index contributed by atoms with van der Waals surface area (Å²) < 4.78 is 6.60. The molecule has 3 N–H and O–H groups in total. The predicted octanol–water partition coefficient (Wildman–Crippen LogP) is 2.33. The van der Waals surface area contributed by atoms with Gasteiger partial charge in [0.1, 0.15) is 0 Å². The highest BCUT2D eigenvalue weighted by Gasteiger charge is 2.41. The van der Waals surface area contributed by atoms with E-state index in [-0.39, 0.29) is 18.1 Å². The molecule has 3 rings (SSSR count). The summed E-state index contributed by atoms with van der Waals surface area (Å²) in [7, 11) is 0. The number of carbonyl (C=O) groups excluding carboxylic acids is 1. The van der Waals surface area contributed by atoms with Gasteiger partial charge < -0.3 is 15.8 Å². The van der Waals surface area contributed by atoms with Crippen LogP contribution in [0.25, 0.3) is 0 Å². The van der Waals surface area contributed by atoms with Gasteiger partial charge in [0.2, 0.25) is 0 Å². The molecule has 0 spiro atoms. The first-order valence-corrected chi connectivity index (χ1v) is 7.42. The molecular weight excluding hydrogens is 308 g/mol. The summed E-state index contributed by atoms with van der Waals surface area (Å²) in [6, 6.07) is 5.45. The van der Waals surface area contributed by atoms with Crippen molar-refractivity contribution in [3.05, 3.63) is 28.2 Å². The van der Waals surface area contributed by atoms with Gasteiger partial charge in [0.25, 0.3) is 5.91 Å². The fraction of sp³-hybridized carbons (Fsp3) is 0.500. The molecule has 1 saturated heterocycles. The third-order valence-electron chi connectivity index (χ3n) is 3.80. The highest BCUT2D eigenvalue weighted by Crippen LogP contribution is 2.38. The van der Waals surface area contributed by atoms with Gasteiger partial charge in [-0.25, -0.2) is 0 Å². The molecule has 2 fully saturated rings. The Kier molecular flexibility index (Phi) is 3.50. The molecule has 5 heteroatoms. The number of carbonyl (C=O) groups is 1. The summed E-state index contributed by atoms with van der Waals surface area (Å²) in [5, 5.41) is 3.07. The Hall–Kier alpha value is -1.07. The lowest BCUT2D eigenvalue weighted by atomic mass is 10.1. The minimum atomic E-state index is -0.105. The number of nitrogens with two attached hydrogens (primary N) is 1. The molecule has 2 atom stereocenters. The molecular formula is C14H17BrN2O2. The van der Waals surface area contributed by atoms with Crippen LogP contribution in [0.3, 0.4) is 0 Å². The highest BCUT2D eigenvalue weighted by atomic mass is 79.9. The average molecular weight is 325 g/mol. The van der Waals surface area contributed by atoms with Crippen molar-refractivity contribution in [1.29, 1.82) is 0 Å². The zero-order valence-electron chi connectivity index (χ0n) is 10.6. The minimum Gasteiger partial charge on any atom is -0.398 e. The van der Waals surface area contributed by atoms with Crippen LogP contribution in [0.4, 0.5) is 5.69 Å². The van der Waals surface area contributed by atoms with Crippen LogP contribution in [-0.2, 0) is 4.74 Å². The van der Waals surface area contributed by atoms with Crippen LogP contribution in [0.1, 0.15) is 29.6 Å². The Labute approximate surface area is 120 Å². The summed E-state index contributed by atoms with van der Waals surface area (Å²) >= 11 is 3.34. The maximum atomic E-state index is 12.3. The largest absolute Gasteiger partial charge is 0.398 e. The lowest BCUT2D eigenvalue weighted by Crippen LogP contribution is -2.41. The van der Waals surface area contributed by atoms with Crippen molar-refractivity contribution < 1.29 is 9.53 Å². The summed E-state index contributed by atoms with van der Waals surface area (Å²) in [6.45, 7) is 0.738. The van der Waals surface area contributed by atoms with Crippen LogP contribution in [0.15, 0.2) is 22.7 Å². The van der Waals surface area contributed by atoms with Crippen molar-refractivity contribution in [3.8, 4) is 0 Å². The maximum absolute atomic E-state index is 12.3. The number of hydrogen-bond donors (Lipinski definition) is 2. The van der Waals surface area contributed by atoms with Gasteiger partial charge in [-0.1, -0.05) is 15.9 Å². The van der Waals surface area contributed by atoms with Gasteiger partial charge in [-0.2, -0.15) is 0 Å². The normalized spacial score (nSPS) is 26.4. The van der Waals surface area contributed by atoms with E-state index in [0.717, 1.165) is 17.5 Å². The second-order valence-corrected chi connectivity index (χ2v) is 6.19. The molecule has 19 heavy (non-hydrogen) atoms. The lowest BCUT2D eigenvalue weighted by Gasteiger charge is -2.20. The van der Waals surface area contributed by atoms with E-state index >= 15 is 0 Å². The quantitative estimate of drug-likeness (QED) is 0.839. The molecule has 2 aliphatic rings. The average Bonchev–Trinajstić information content (AvgIpc) is 3.10. The number of hydrogen-bond acceptors (Lipinski definition) is 3. The molecule has 1 heterocycles. The molecule has 1 aromatic rings. The van der Waals surface area contributed by atoms with Crippen LogP contribution >= 0.6 is 15.9 Å². The van der Waals surface area contributed by atoms with Crippen LogP contribution in [-0.4, -0.2) is 24.7 Å². The Morgan fingerprint density at radius 1 is 1.37 bits per heavy atom. The monoisotopic (exact) mass is 324 g/mol. The molecule has 2 unspecified atom stereocenters. The highest BCUT2D eigenvalue weighted by molar-refractivity contribution is 9.10. The Balaban J connectivity index is 1.70. The summed E-state index contributed by atoms with van der Waals surface area (Å²) in [6.07, 6.45) is 3.53. The van der Waals surface area contributed by atoms with Crippen LogP contribution in [0.5, 0.6) is 0 Å². The minimum absolute atomic E-state index is 0.105. The van der Waals surface area contributed by atoms with Crippen LogP contribution in [0.2, 0.25) is 0 Å². The van der Waals surface area contributed by atoms with E-state index in [1.165, 1.54) is 12.8 Å². The number of ether oxygens (including phenoxy) is 1. The topological polar surface area (TPSA) is 64.4 Å². The molecule has 102 valence electrons. The van der Waals surface area contributed by atoms with E-state index in [9.17, 15) is 4.79 Å². The Morgan fingerprint density at radius 3 is 2.84 bits per heavy atom. The van der Waals surface area contributed by atoms with E-state index < -0.39 is 0 Å². The first kappa shape index (κ1) is 12.9. The summed E-state index contributed by atoms with van der Waals surface area (Å²) in [5.74, 6) is 0.529. The van der Waals surface area contributed by atoms with Gasteiger partial charge in [-0.05, 0) is 43.4 Å². The predicted molar refractivity (Wildman–Crippen MR) is 76.9 cm³/mol. The summed E-state index contributed by atoms with van der Waals surface area (Å²) in [4.78, 5) is 12.3. The zero-order valence-corrected chi connectivity index (χ0v) is 12.2. The molecule has 0 radical (unpaired) electrons. The number of nitrogen functional groups attached to an aromatic ring is 1. The lowest BCUT2D eigenvalue weighted by molar-refractivity contribution is 0.0730. The van der Waals surface area contributed by atoms with E-state index in [1.807, 2.05) is 6.07 Å². The number of anilines is 1. The molecule has 1 aliphatic carbocycles. The maximum Gasteiger partial charge on any atom is 0.253 e. The SMILES string of the molecule is Nc1cc(Br)ccc1C(=O)NC1CCOC1C1CC1. The number of nitrogens with one attached hydrogen (secondary N) is 1. The summed E-state index contributed by atoms with van der Waals surface area (Å²) in [5.41, 5.74) is 6.91. The van der Waals surface area contributed by atoms with E-state index in [1.54, 1.807) is 12.1 Å². The fourth-order valence-electron chi connectivity index (χ4n) is 2.64. The molecule has 1 aliphatic heterocycles. The fourth-order valence-corrected chi connectivity index (χ4v) is 3.02. The van der Waals surface area contributed by atoms with E-state index in [0.29, 0.717) is 17.2 Å². The van der Waals surface area contributed by atoms with Crippen molar-refractivity contribution in [2.24, 2.45) is 5.92 Å². The van der Waals surface area contributed by atoms with Crippen LogP contribution in [0, 0.1) is 5.92 Å². The second kappa shape index (κ2) is 5.13. The molecule has 1 amide bonds. The van der Waals surface area contributed by atoms with Crippen molar-refractivity contribution in [2.75, 3.05) is 12.3 Å². The van der Waals surface area contributed by atoms with Gasteiger partial charge in [0, 0.05) is 16.8 Å². The molecule has 4 nitrogen and oxygen atoms in total. The first-order chi connectivity index (χ1) is 9.15. The van der Waals surface area contributed by atoms with E-state index in [4.69, 9.17) is 10.5 Å². The van der Waals surface area contributed by atoms with Crippen molar-refractivity contribution >= 4 is 27.5 Å². The molecule has 1 aromatic carbocycles. The van der Waals surface area contributed by atoms with Crippen molar-refractivity contribution in [3.63, 3.8) is 0 Å². The number of rotatable bonds is 3. The molecule has 1 saturated carbocycles. The van der Waals surface area contributed by atoms with Gasteiger partial charge in [-0.15, -0.1) is 0 Å². The smallest absolute Gasteiger partial charge is 0.253 e. The number of halogens is 1. The zero-order chi connectivity index (χ0) is 13.4.